The van der Waals surface area contributed by atoms with Gasteiger partial charge in [0.1, 0.15) is 11.6 Å². The van der Waals surface area contributed by atoms with E-state index in [1.54, 1.807) is 12.4 Å². The van der Waals surface area contributed by atoms with Gasteiger partial charge in [-0.15, -0.1) is 0 Å². The molecule has 2 aromatic rings. The summed E-state index contributed by atoms with van der Waals surface area (Å²) in [6.45, 7) is 1.33. The van der Waals surface area contributed by atoms with Gasteiger partial charge in [-0.2, -0.15) is 0 Å². The van der Waals surface area contributed by atoms with E-state index in [-0.39, 0.29) is 0 Å². The topological polar surface area (TPSA) is 38.2 Å². The van der Waals surface area contributed by atoms with E-state index in [9.17, 15) is 0 Å². The molecule has 1 aliphatic rings. The van der Waals surface area contributed by atoms with Crippen LogP contribution in [0.25, 0.3) is 0 Å². The molecule has 0 N–H and O–H groups in total. The fourth-order valence-electron chi connectivity index (χ4n) is 1.76. The predicted molar refractivity (Wildman–Crippen MR) is 60.2 cm³/mol. The lowest BCUT2D eigenvalue weighted by Gasteiger charge is -2.29. The maximum atomic E-state index is 5.64. The molecule has 0 spiro atoms. The third kappa shape index (κ3) is 1.58. The Hall–Kier alpha value is -2.10. The summed E-state index contributed by atoms with van der Waals surface area (Å²) in [7, 11) is 0. The fraction of sp³-hybridized carbons (Fsp3) is 0.167. The maximum absolute atomic E-state index is 5.64. The van der Waals surface area contributed by atoms with Gasteiger partial charge in [-0.05, 0) is 18.2 Å². The van der Waals surface area contributed by atoms with Crippen LogP contribution in [-0.2, 0) is 6.54 Å². The number of anilines is 1. The first-order chi connectivity index (χ1) is 7.93. The van der Waals surface area contributed by atoms with Gasteiger partial charge < -0.3 is 9.64 Å². The molecule has 0 radical (unpaired) electrons. The first kappa shape index (κ1) is 9.15. The zero-order chi connectivity index (χ0) is 10.8. The van der Waals surface area contributed by atoms with E-state index in [1.807, 2.05) is 30.5 Å². The molecule has 1 aliphatic heterocycles. The number of ether oxygens (including phenoxy) is 1. The summed E-state index contributed by atoms with van der Waals surface area (Å²) in [6, 6.07) is 7.75. The monoisotopic (exact) mass is 213 g/mol. The Kier molecular flexibility index (Phi) is 2.18. The van der Waals surface area contributed by atoms with E-state index in [0.717, 1.165) is 23.7 Å². The normalized spacial score (nSPS) is 14.1. The maximum Gasteiger partial charge on any atom is 0.162 e. The summed E-state index contributed by atoms with van der Waals surface area (Å²) in [5.74, 6) is 1.85. The van der Waals surface area contributed by atoms with Crippen LogP contribution in [-0.4, -0.2) is 16.7 Å². The van der Waals surface area contributed by atoms with Gasteiger partial charge in [0.05, 0.1) is 6.54 Å². The first-order valence-electron chi connectivity index (χ1n) is 5.15. The van der Waals surface area contributed by atoms with Gasteiger partial charge in [0.2, 0.25) is 0 Å². The molecule has 0 amide bonds. The molecule has 0 saturated carbocycles. The van der Waals surface area contributed by atoms with Crippen LogP contribution in [0.4, 0.5) is 5.82 Å². The Bertz CT molecular complexity index is 487. The highest BCUT2D eigenvalue weighted by atomic mass is 16.5. The van der Waals surface area contributed by atoms with Gasteiger partial charge in [-0.25, -0.2) is 4.98 Å². The van der Waals surface area contributed by atoms with Gasteiger partial charge in [0.25, 0.3) is 0 Å². The lowest BCUT2D eigenvalue weighted by Crippen LogP contribution is -2.32. The van der Waals surface area contributed by atoms with Crippen LogP contribution in [0, 0.1) is 0 Å². The molecule has 80 valence electrons. The zero-order valence-electron chi connectivity index (χ0n) is 8.71. The Labute approximate surface area is 93.5 Å². The molecule has 3 rings (SSSR count). The van der Waals surface area contributed by atoms with E-state index in [2.05, 4.69) is 14.9 Å². The first-order valence-corrected chi connectivity index (χ1v) is 5.15. The summed E-state index contributed by atoms with van der Waals surface area (Å²) >= 11 is 0. The summed E-state index contributed by atoms with van der Waals surface area (Å²) in [6.07, 6.45) is 5.37. The molecular weight excluding hydrogens is 202 g/mol. The van der Waals surface area contributed by atoms with Crippen molar-refractivity contribution in [3.63, 3.8) is 0 Å². The molecule has 0 aliphatic carbocycles. The van der Waals surface area contributed by atoms with Crippen molar-refractivity contribution in [1.29, 1.82) is 0 Å². The molecule has 16 heavy (non-hydrogen) atoms. The number of hydrogen-bond acceptors (Lipinski definition) is 4. The zero-order valence-corrected chi connectivity index (χ0v) is 8.71. The lowest BCUT2D eigenvalue weighted by atomic mass is 10.2. The van der Waals surface area contributed by atoms with Crippen LogP contribution in [0.2, 0.25) is 0 Å². The van der Waals surface area contributed by atoms with E-state index in [4.69, 9.17) is 4.74 Å². The predicted octanol–water partition coefficient (Wildman–Crippen LogP) is 1.83. The molecular formula is C12H11N3O. The van der Waals surface area contributed by atoms with E-state index >= 15 is 0 Å². The Morgan fingerprint density at radius 3 is 3.06 bits per heavy atom. The summed E-state index contributed by atoms with van der Waals surface area (Å²) < 4.78 is 5.64. The van der Waals surface area contributed by atoms with Crippen molar-refractivity contribution in [3.05, 3.63) is 48.4 Å². The average molecular weight is 213 g/mol. The van der Waals surface area contributed by atoms with Gasteiger partial charge in [-0.1, -0.05) is 6.07 Å². The molecule has 0 unspecified atom stereocenters. The van der Waals surface area contributed by atoms with Crippen molar-refractivity contribution in [2.75, 3.05) is 11.6 Å². The summed E-state index contributed by atoms with van der Waals surface area (Å²) in [5, 5.41) is 0. The number of fused-ring (bicyclic) bond motifs is 1. The Morgan fingerprint density at radius 1 is 1.19 bits per heavy atom. The van der Waals surface area contributed by atoms with Gasteiger partial charge in [0.15, 0.2) is 6.73 Å². The Balaban J connectivity index is 1.89. The minimum atomic E-state index is 0.536. The fourth-order valence-corrected chi connectivity index (χ4v) is 1.76. The molecule has 0 bridgehead atoms. The lowest BCUT2D eigenvalue weighted by molar-refractivity contribution is 0.287. The highest BCUT2D eigenvalue weighted by Crippen LogP contribution is 2.25. The smallest absolute Gasteiger partial charge is 0.162 e. The SMILES string of the molecule is c1ccc(N2COc3ccncc3C2)nc1. The van der Waals surface area contributed by atoms with Crippen molar-refractivity contribution in [3.8, 4) is 5.75 Å². The van der Waals surface area contributed by atoms with Gasteiger partial charge >= 0.3 is 0 Å². The highest BCUT2D eigenvalue weighted by Gasteiger charge is 2.17. The molecule has 4 heteroatoms. The standard InChI is InChI=1S/C12H11N3O/c1-2-5-14-12(3-1)15-8-10-7-13-6-4-11(10)16-9-15/h1-7H,8-9H2. The summed E-state index contributed by atoms with van der Waals surface area (Å²) in [4.78, 5) is 10.5. The third-order valence-corrected chi connectivity index (χ3v) is 2.57. The van der Waals surface area contributed by atoms with Crippen molar-refractivity contribution < 1.29 is 4.74 Å². The minimum absolute atomic E-state index is 0.536. The van der Waals surface area contributed by atoms with E-state index in [1.165, 1.54) is 0 Å². The summed E-state index contributed by atoms with van der Waals surface area (Å²) in [5.41, 5.74) is 1.10. The van der Waals surface area contributed by atoms with Crippen LogP contribution in [0.3, 0.4) is 0 Å². The molecule has 0 saturated heterocycles. The Morgan fingerprint density at radius 2 is 2.19 bits per heavy atom. The molecule has 2 aromatic heterocycles. The quantitative estimate of drug-likeness (QED) is 0.724. The number of rotatable bonds is 1. The molecule has 0 aromatic carbocycles. The highest BCUT2D eigenvalue weighted by molar-refractivity contribution is 5.43. The molecule has 3 heterocycles. The van der Waals surface area contributed by atoms with Crippen molar-refractivity contribution in [1.82, 2.24) is 9.97 Å². The minimum Gasteiger partial charge on any atom is -0.473 e. The molecule has 4 nitrogen and oxygen atoms in total. The number of hydrogen-bond donors (Lipinski definition) is 0. The van der Waals surface area contributed by atoms with Crippen LogP contribution in [0.1, 0.15) is 5.56 Å². The van der Waals surface area contributed by atoms with Crippen LogP contribution < -0.4 is 9.64 Å². The van der Waals surface area contributed by atoms with Gasteiger partial charge in [-0.3, -0.25) is 4.98 Å². The third-order valence-electron chi connectivity index (χ3n) is 2.57. The second kappa shape index (κ2) is 3.81. The number of nitrogens with zero attached hydrogens (tertiary/aromatic N) is 3. The van der Waals surface area contributed by atoms with Crippen molar-refractivity contribution in [2.24, 2.45) is 0 Å². The van der Waals surface area contributed by atoms with Crippen LogP contribution in [0.15, 0.2) is 42.9 Å². The largest absolute Gasteiger partial charge is 0.473 e. The van der Waals surface area contributed by atoms with Gasteiger partial charge in [0, 0.05) is 24.2 Å². The van der Waals surface area contributed by atoms with Crippen molar-refractivity contribution in [2.45, 2.75) is 6.54 Å². The van der Waals surface area contributed by atoms with E-state index in [0.29, 0.717) is 6.73 Å². The number of pyridine rings is 2. The van der Waals surface area contributed by atoms with Crippen LogP contribution in [0.5, 0.6) is 5.75 Å². The van der Waals surface area contributed by atoms with Crippen molar-refractivity contribution >= 4 is 5.82 Å². The molecule has 0 fully saturated rings. The van der Waals surface area contributed by atoms with E-state index < -0.39 is 0 Å². The van der Waals surface area contributed by atoms with Crippen LogP contribution >= 0.6 is 0 Å². The second-order valence-corrected chi connectivity index (χ2v) is 3.64. The average Bonchev–Trinajstić information content (AvgIpc) is 2.39. The molecule has 0 atom stereocenters. The second-order valence-electron chi connectivity index (χ2n) is 3.64. The number of aromatic nitrogens is 2.